The van der Waals surface area contributed by atoms with Crippen LogP contribution in [-0.4, -0.2) is 18.5 Å². The molecule has 86 valence electrons. The molecule has 4 heteroatoms. The molecule has 0 amide bonds. The van der Waals surface area contributed by atoms with Crippen molar-refractivity contribution in [2.75, 3.05) is 6.61 Å². The number of halogens is 2. The van der Waals surface area contributed by atoms with Gasteiger partial charge in [0.15, 0.2) is 11.6 Å². The van der Waals surface area contributed by atoms with Gasteiger partial charge in [0.1, 0.15) is 6.61 Å². The van der Waals surface area contributed by atoms with Gasteiger partial charge in [-0.15, -0.1) is 0 Å². The van der Waals surface area contributed by atoms with Crippen LogP contribution in [0.2, 0.25) is 0 Å². The van der Waals surface area contributed by atoms with Crippen molar-refractivity contribution in [3.63, 3.8) is 0 Å². The SMILES string of the molecule is CC(C)C1COC(c2cccc(F)c2F)=N1. The zero-order chi connectivity index (χ0) is 11.7. The molecule has 0 fully saturated rings. The maximum absolute atomic E-state index is 13.4. The molecule has 0 aromatic heterocycles. The Morgan fingerprint density at radius 2 is 2.12 bits per heavy atom. The van der Waals surface area contributed by atoms with Gasteiger partial charge in [-0.05, 0) is 18.1 Å². The van der Waals surface area contributed by atoms with Crippen molar-refractivity contribution in [2.45, 2.75) is 19.9 Å². The first-order chi connectivity index (χ1) is 7.59. The van der Waals surface area contributed by atoms with Gasteiger partial charge in [0.2, 0.25) is 5.90 Å². The Morgan fingerprint density at radius 3 is 2.75 bits per heavy atom. The van der Waals surface area contributed by atoms with Gasteiger partial charge >= 0.3 is 0 Å². The van der Waals surface area contributed by atoms with Crippen molar-refractivity contribution < 1.29 is 13.5 Å². The van der Waals surface area contributed by atoms with Gasteiger partial charge in [-0.25, -0.2) is 13.8 Å². The molecule has 2 nitrogen and oxygen atoms in total. The van der Waals surface area contributed by atoms with E-state index in [1.54, 1.807) is 0 Å². The summed E-state index contributed by atoms with van der Waals surface area (Å²) in [7, 11) is 0. The summed E-state index contributed by atoms with van der Waals surface area (Å²) in [5.74, 6) is -1.24. The van der Waals surface area contributed by atoms with Gasteiger partial charge in [-0.2, -0.15) is 0 Å². The minimum atomic E-state index is -0.898. The molecule has 0 spiro atoms. The van der Waals surface area contributed by atoms with Crippen LogP contribution in [0.1, 0.15) is 19.4 Å². The summed E-state index contributed by atoms with van der Waals surface area (Å²) in [4.78, 5) is 4.25. The third-order valence-electron chi connectivity index (χ3n) is 2.63. The van der Waals surface area contributed by atoms with E-state index in [2.05, 4.69) is 4.99 Å². The third-order valence-corrected chi connectivity index (χ3v) is 2.63. The lowest BCUT2D eigenvalue weighted by atomic mass is 10.1. The number of aliphatic imine (C=N–C) groups is 1. The molecule has 0 radical (unpaired) electrons. The summed E-state index contributed by atoms with van der Waals surface area (Å²) in [6, 6.07) is 4.02. The van der Waals surface area contributed by atoms with E-state index < -0.39 is 11.6 Å². The standard InChI is InChI=1S/C12H13F2NO/c1-7(2)10-6-16-12(15-10)8-4-3-5-9(13)11(8)14/h3-5,7,10H,6H2,1-2H3. The average molecular weight is 225 g/mol. The Hall–Kier alpha value is -1.45. The highest BCUT2D eigenvalue weighted by atomic mass is 19.2. The molecule has 0 saturated carbocycles. The first-order valence-corrected chi connectivity index (χ1v) is 5.24. The van der Waals surface area contributed by atoms with E-state index in [1.807, 2.05) is 13.8 Å². The zero-order valence-corrected chi connectivity index (χ0v) is 9.21. The second kappa shape index (κ2) is 4.20. The molecule has 2 rings (SSSR count). The van der Waals surface area contributed by atoms with Gasteiger partial charge in [0, 0.05) is 0 Å². The lowest BCUT2D eigenvalue weighted by Gasteiger charge is -2.06. The van der Waals surface area contributed by atoms with Gasteiger partial charge in [-0.1, -0.05) is 19.9 Å². The van der Waals surface area contributed by atoms with Gasteiger partial charge in [0.25, 0.3) is 0 Å². The summed E-state index contributed by atoms with van der Waals surface area (Å²) in [6.45, 7) is 4.47. The van der Waals surface area contributed by atoms with Crippen LogP contribution in [0, 0.1) is 17.6 Å². The van der Waals surface area contributed by atoms with Crippen LogP contribution in [0.3, 0.4) is 0 Å². The van der Waals surface area contributed by atoms with Crippen LogP contribution in [0.15, 0.2) is 23.2 Å². The summed E-state index contributed by atoms with van der Waals surface area (Å²) >= 11 is 0. The number of ether oxygens (including phenoxy) is 1. The van der Waals surface area contributed by atoms with E-state index in [-0.39, 0.29) is 17.5 Å². The second-order valence-corrected chi connectivity index (χ2v) is 4.16. The molecule has 0 saturated heterocycles. The summed E-state index contributed by atoms with van der Waals surface area (Å²) < 4.78 is 31.7. The van der Waals surface area contributed by atoms with Crippen molar-refractivity contribution in [3.05, 3.63) is 35.4 Å². The van der Waals surface area contributed by atoms with E-state index in [1.165, 1.54) is 12.1 Å². The number of hydrogen-bond acceptors (Lipinski definition) is 2. The van der Waals surface area contributed by atoms with E-state index in [0.29, 0.717) is 12.5 Å². The number of rotatable bonds is 2. The normalized spacial score (nSPS) is 19.8. The van der Waals surface area contributed by atoms with Crippen molar-refractivity contribution in [3.8, 4) is 0 Å². The van der Waals surface area contributed by atoms with E-state index >= 15 is 0 Å². The van der Waals surface area contributed by atoms with Crippen LogP contribution in [0.25, 0.3) is 0 Å². The predicted octanol–water partition coefficient (Wildman–Crippen LogP) is 2.77. The Labute approximate surface area is 93.0 Å². The molecule has 1 atom stereocenters. The zero-order valence-electron chi connectivity index (χ0n) is 9.21. The Bertz CT molecular complexity index is 429. The fraction of sp³-hybridized carbons (Fsp3) is 0.417. The average Bonchev–Trinajstić information content (AvgIpc) is 2.71. The third kappa shape index (κ3) is 1.92. The maximum atomic E-state index is 13.4. The first kappa shape index (κ1) is 11.0. The first-order valence-electron chi connectivity index (χ1n) is 5.24. The van der Waals surface area contributed by atoms with Gasteiger partial charge in [-0.3, -0.25) is 0 Å². The molecular weight excluding hydrogens is 212 g/mol. The minimum Gasteiger partial charge on any atom is -0.475 e. The second-order valence-electron chi connectivity index (χ2n) is 4.16. The summed E-state index contributed by atoms with van der Waals surface area (Å²) in [5.41, 5.74) is 0.100. The molecule has 0 aliphatic carbocycles. The topological polar surface area (TPSA) is 21.6 Å². The van der Waals surface area contributed by atoms with Crippen LogP contribution in [0.5, 0.6) is 0 Å². The maximum Gasteiger partial charge on any atom is 0.219 e. The van der Waals surface area contributed by atoms with Crippen molar-refractivity contribution in [1.29, 1.82) is 0 Å². The highest BCUT2D eigenvalue weighted by Crippen LogP contribution is 2.20. The fourth-order valence-corrected chi connectivity index (χ4v) is 1.55. The smallest absolute Gasteiger partial charge is 0.219 e. The molecule has 0 bridgehead atoms. The molecule has 1 aromatic rings. The monoisotopic (exact) mass is 225 g/mol. The number of nitrogens with zero attached hydrogens (tertiary/aromatic N) is 1. The molecule has 1 unspecified atom stereocenters. The molecule has 16 heavy (non-hydrogen) atoms. The minimum absolute atomic E-state index is 0.0256. The molecular formula is C12H13F2NO. The van der Waals surface area contributed by atoms with Crippen molar-refractivity contribution in [1.82, 2.24) is 0 Å². The quantitative estimate of drug-likeness (QED) is 0.758. The lowest BCUT2D eigenvalue weighted by molar-refractivity contribution is 0.291. The highest BCUT2D eigenvalue weighted by Gasteiger charge is 2.25. The Kier molecular flexibility index (Phi) is 2.90. The summed E-state index contributed by atoms with van der Waals surface area (Å²) in [6.07, 6.45) is 0. The van der Waals surface area contributed by atoms with Gasteiger partial charge in [0.05, 0.1) is 11.6 Å². The molecule has 1 aliphatic rings. The number of benzene rings is 1. The van der Waals surface area contributed by atoms with Crippen LogP contribution in [-0.2, 0) is 4.74 Å². The Balaban J connectivity index is 2.32. The largest absolute Gasteiger partial charge is 0.475 e. The molecule has 1 aliphatic heterocycles. The predicted molar refractivity (Wildman–Crippen MR) is 57.5 cm³/mol. The van der Waals surface area contributed by atoms with E-state index in [9.17, 15) is 8.78 Å². The fourth-order valence-electron chi connectivity index (χ4n) is 1.55. The Morgan fingerprint density at radius 1 is 1.38 bits per heavy atom. The molecule has 1 aromatic carbocycles. The van der Waals surface area contributed by atoms with E-state index in [4.69, 9.17) is 4.74 Å². The summed E-state index contributed by atoms with van der Waals surface area (Å²) in [5, 5.41) is 0. The van der Waals surface area contributed by atoms with E-state index in [0.717, 1.165) is 6.07 Å². The van der Waals surface area contributed by atoms with Gasteiger partial charge < -0.3 is 4.74 Å². The molecule has 1 heterocycles. The number of hydrogen-bond donors (Lipinski definition) is 0. The van der Waals surface area contributed by atoms with Crippen LogP contribution in [0.4, 0.5) is 8.78 Å². The van der Waals surface area contributed by atoms with Crippen molar-refractivity contribution in [2.24, 2.45) is 10.9 Å². The van der Waals surface area contributed by atoms with Crippen LogP contribution >= 0.6 is 0 Å². The highest BCUT2D eigenvalue weighted by molar-refractivity contribution is 5.95. The van der Waals surface area contributed by atoms with Crippen molar-refractivity contribution >= 4 is 5.90 Å². The lowest BCUT2D eigenvalue weighted by Crippen LogP contribution is -2.13. The van der Waals surface area contributed by atoms with Crippen LogP contribution < -0.4 is 0 Å². The molecule has 0 N–H and O–H groups in total.